The van der Waals surface area contributed by atoms with Crippen LogP contribution in [0.1, 0.15) is 51.0 Å². The minimum Gasteiger partial charge on any atom is -0.493 e. The molecule has 0 heterocycles. The van der Waals surface area contributed by atoms with Crippen molar-refractivity contribution in [1.29, 1.82) is 0 Å². The molecule has 1 aromatic carbocycles. The van der Waals surface area contributed by atoms with Crippen molar-refractivity contribution in [2.75, 3.05) is 21.3 Å². The maximum absolute atomic E-state index is 11.7. The van der Waals surface area contributed by atoms with Gasteiger partial charge in [0.05, 0.1) is 27.5 Å². The Bertz CT molecular complexity index is 519. The monoisotopic (exact) mass is 336 g/mol. The minimum absolute atomic E-state index is 0.0739. The molecule has 0 saturated carbocycles. The molecule has 0 radical (unpaired) electrons. The van der Waals surface area contributed by atoms with E-state index < -0.39 is 0 Å². The number of rotatable bonds is 11. The Kier molecular flexibility index (Phi) is 9.34. The van der Waals surface area contributed by atoms with Crippen LogP contribution < -0.4 is 19.6 Å². The highest BCUT2D eigenvalue weighted by Crippen LogP contribution is 2.37. The van der Waals surface area contributed by atoms with E-state index in [9.17, 15) is 4.79 Å². The number of nitrogens with zero attached hydrogens (tertiary/aromatic N) is 1. The number of carbonyl (C=O) groups excluding carboxylic acids is 1. The number of hydrogen-bond acceptors (Lipinski definition) is 5. The molecule has 1 aromatic rings. The van der Waals surface area contributed by atoms with Crippen molar-refractivity contribution in [3.63, 3.8) is 0 Å². The van der Waals surface area contributed by atoms with Crippen LogP contribution in [0.15, 0.2) is 17.2 Å². The molecule has 0 unspecified atom stereocenters. The molecule has 24 heavy (non-hydrogen) atoms. The molecule has 1 rings (SSSR count). The van der Waals surface area contributed by atoms with Crippen molar-refractivity contribution >= 4 is 12.1 Å². The molecule has 0 aliphatic carbocycles. The van der Waals surface area contributed by atoms with Crippen molar-refractivity contribution < 1.29 is 19.0 Å². The zero-order chi connectivity index (χ0) is 17.8. The molecule has 0 aliphatic rings. The quantitative estimate of drug-likeness (QED) is 0.381. The van der Waals surface area contributed by atoms with Gasteiger partial charge < -0.3 is 14.2 Å². The summed E-state index contributed by atoms with van der Waals surface area (Å²) in [5, 5.41) is 3.99. The average molecular weight is 336 g/mol. The van der Waals surface area contributed by atoms with E-state index in [-0.39, 0.29) is 5.91 Å². The number of ether oxygens (including phenoxy) is 3. The molecule has 0 bridgehead atoms. The average Bonchev–Trinajstić information content (AvgIpc) is 2.60. The molecule has 0 aromatic heterocycles. The van der Waals surface area contributed by atoms with Crippen molar-refractivity contribution in [3.8, 4) is 17.2 Å². The van der Waals surface area contributed by atoms with Gasteiger partial charge in [-0.2, -0.15) is 5.10 Å². The summed E-state index contributed by atoms with van der Waals surface area (Å²) in [6.45, 7) is 2.17. The van der Waals surface area contributed by atoms with E-state index in [1.165, 1.54) is 19.3 Å². The van der Waals surface area contributed by atoms with Gasteiger partial charge in [-0.05, 0) is 18.6 Å². The standard InChI is InChI=1S/C18H28N2O4/c1-5-6-7-8-9-10-17(21)20-19-13-14-11-15(22-2)18(24-4)16(12-14)23-3/h11-13H,5-10H2,1-4H3,(H,20,21)/b19-13+. The van der Waals surface area contributed by atoms with Crippen LogP contribution in [0.25, 0.3) is 0 Å². The molecular formula is C18H28N2O4. The lowest BCUT2D eigenvalue weighted by Crippen LogP contribution is -2.16. The third-order valence-corrected chi connectivity index (χ3v) is 3.60. The van der Waals surface area contributed by atoms with Gasteiger partial charge in [0.15, 0.2) is 11.5 Å². The Labute approximate surface area is 144 Å². The normalized spacial score (nSPS) is 10.7. The molecule has 0 atom stereocenters. The van der Waals surface area contributed by atoms with Crippen LogP contribution in [-0.2, 0) is 4.79 Å². The zero-order valence-electron chi connectivity index (χ0n) is 15.1. The first-order chi connectivity index (χ1) is 11.7. The fraction of sp³-hybridized carbons (Fsp3) is 0.556. The van der Waals surface area contributed by atoms with Crippen LogP contribution in [-0.4, -0.2) is 33.5 Å². The number of unbranched alkanes of at least 4 members (excludes halogenated alkanes) is 4. The molecule has 134 valence electrons. The van der Waals surface area contributed by atoms with E-state index in [1.54, 1.807) is 39.7 Å². The van der Waals surface area contributed by atoms with Crippen LogP contribution >= 0.6 is 0 Å². The van der Waals surface area contributed by atoms with E-state index in [4.69, 9.17) is 14.2 Å². The number of hydrazone groups is 1. The molecule has 0 aliphatic heterocycles. The summed E-state index contributed by atoms with van der Waals surface area (Å²) in [5.41, 5.74) is 3.29. The molecule has 0 fully saturated rings. The third kappa shape index (κ3) is 6.48. The van der Waals surface area contributed by atoms with E-state index in [0.29, 0.717) is 23.7 Å². The maximum atomic E-state index is 11.7. The smallest absolute Gasteiger partial charge is 0.240 e. The Morgan fingerprint density at radius 3 is 2.21 bits per heavy atom. The van der Waals surface area contributed by atoms with Crippen LogP contribution in [0, 0.1) is 0 Å². The van der Waals surface area contributed by atoms with Gasteiger partial charge in [-0.15, -0.1) is 0 Å². The largest absolute Gasteiger partial charge is 0.493 e. The second-order valence-corrected chi connectivity index (χ2v) is 5.42. The first-order valence-corrected chi connectivity index (χ1v) is 8.28. The number of methoxy groups -OCH3 is 3. The van der Waals surface area contributed by atoms with Crippen molar-refractivity contribution in [2.45, 2.75) is 45.4 Å². The zero-order valence-corrected chi connectivity index (χ0v) is 15.1. The van der Waals surface area contributed by atoms with Gasteiger partial charge in [0.1, 0.15) is 0 Å². The highest BCUT2D eigenvalue weighted by Gasteiger charge is 2.12. The van der Waals surface area contributed by atoms with Crippen LogP contribution in [0.2, 0.25) is 0 Å². The van der Waals surface area contributed by atoms with Crippen LogP contribution in [0.3, 0.4) is 0 Å². The lowest BCUT2D eigenvalue weighted by molar-refractivity contribution is -0.121. The number of amides is 1. The van der Waals surface area contributed by atoms with E-state index in [0.717, 1.165) is 18.4 Å². The lowest BCUT2D eigenvalue weighted by Gasteiger charge is -2.12. The van der Waals surface area contributed by atoms with Gasteiger partial charge >= 0.3 is 0 Å². The molecule has 1 amide bonds. The van der Waals surface area contributed by atoms with Gasteiger partial charge in [0.2, 0.25) is 11.7 Å². The molecule has 0 saturated heterocycles. The van der Waals surface area contributed by atoms with Crippen LogP contribution in [0.4, 0.5) is 0 Å². The minimum atomic E-state index is -0.0739. The van der Waals surface area contributed by atoms with E-state index >= 15 is 0 Å². The highest BCUT2D eigenvalue weighted by atomic mass is 16.5. The van der Waals surface area contributed by atoms with Crippen molar-refractivity contribution in [3.05, 3.63) is 17.7 Å². The second-order valence-electron chi connectivity index (χ2n) is 5.42. The van der Waals surface area contributed by atoms with Crippen molar-refractivity contribution in [1.82, 2.24) is 5.43 Å². The summed E-state index contributed by atoms with van der Waals surface area (Å²) in [6, 6.07) is 3.53. The summed E-state index contributed by atoms with van der Waals surface area (Å²) in [7, 11) is 4.66. The summed E-state index contributed by atoms with van der Waals surface area (Å²) in [5.74, 6) is 1.53. The summed E-state index contributed by atoms with van der Waals surface area (Å²) in [4.78, 5) is 11.7. The highest BCUT2D eigenvalue weighted by molar-refractivity contribution is 5.84. The van der Waals surface area contributed by atoms with Gasteiger partial charge in [-0.25, -0.2) is 5.43 Å². The first-order valence-electron chi connectivity index (χ1n) is 8.28. The topological polar surface area (TPSA) is 69.2 Å². The Morgan fingerprint density at radius 1 is 1.04 bits per heavy atom. The number of carbonyl (C=O) groups is 1. The summed E-state index contributed by atoms with van der Waals surface area (Å²) in [6.07, 6.45) is 7.63. The Morgan fingerprint density at radius 2 is 1.67 bits per heavy atom. The Balaban J connectivity index is 2.56. The summed E-state index contributed by atoms with van der Waals surface area (Å²) < 4.78 is 15.8. The second kappa shape index (κ2) is 11.3. The number of hydrogen-bond donors (Lipinski definition) is 1. The molecule has 1 N–H and O–H groups in total. The molecule has 6 heteroatoms. The van der Waals surface area contributed by atoms with E-state index in [2.05, 4.69) is 17.5 Å². The van der Waals surface area contributed by atoms with E-state index in [1.807, 2.05) is 0 Å². The predicted octanol–water partition coefficient (Wildman–Crippen LogP) is 3.52. The fourth-order valence-corrected chi connectivity index (χ4v) is 2.30. The molecule has 6 nitrogen and oxygen atoms in total. The van der Waals surface area contributed by atoms with Crippen LogP contribution in [0.5, 0.6) is 17.2 Å². The summed E-state index contributed by atoms with van der Waals surface area (Å²) >= 11 is 0. The molecule has 0 spiro atoms. The maximum Gasteiger partial charge on any atom is 0.240 e. The van der Waals surface area contributed by atoms with Gasteiger partial charge in [-0.1, -0.05) is 32.6 Å². The van der Waals surface area contributed by atoms with Gasteiger partial charge in [0.25, 0.3) is 0 Å². The first kappa shape index (κ1) is 19.8. The van der Waals surface area contributed by atoms with Gasteiger partial charge in [0, 0.05) is 12.0 Å². The number of benzene rings is 1. The lowest BCUT2D eigenvalue weighted by atomic mass is 10.1. The molecular weight excluding hydrogens is 308 g/mol. The third-order valence-electron chi connectivity index (χ3n) is 3.60. The van der Waals surface area contributed by atoms with Crippen molar-refractivity contribution in [2.24, 2.45) is 5.10 Å². The Hall–Kier alpha value is -2.24. The van der Waals surface area contributed by atoms with Gasteiger partial charge in [-0.3, -0.25) is 4.79 Å². The number of nitrogens with one attached hydrogen (secondary N) is 1. The fourth-order valence-electron chi connectivity index (χ4n) is 2.30. The SMILES string of the molecule is CCCCCCCC(=O)N/N=C/c1cc(OC)c(OC)c(OC)c1. The predicted molar refractivity (Wildman–Crippen MR) is 95.2 cm³/mol.